The number of benzene rings is 1. The summed E-state index contributed by atoms with van der Waals surface area (Å²) in [4.78, 5) is 30.7. The van der Waals surface area contributed by atoms with Gasteiger partial charge in [0.25, 0.3) is 0 Å². The number of nitrogens with zero attached hydrogens (tertiary/aromatic N) is 2. The predicted molar refractivity (Wildman–Crippen MR) is 129 cm³/mol. The second kappa shape index (κ2) is 10.2. The first-order valence-electron chi connectivity index (χ1n) is 10.9. The Morgan fingerprint density at radius 2 is 2.00 bits per heavy atom. The fraction of sp³-hybridized carbons (Fsp3) is 0.440. The molecule has 0 radical (unpaired) electrons. The number of urea groups is 1. The van der Waals surface area contributed by atoms with Crippen LogP contribution in [0.1, 0.15) is 42.8 Å². The quantitative estimate of drug-likeness (QED) is 0.623. The third-order valence-electron chi connectivity index (χ3n) is 5.29. The molecule has 1 aliphatic heterocycles. The minimum atomic E-state index is -0.388. The van der Waals surface area contributed by atoms with Gasteiger partial charge in [-0.05, 0) is 63.3 Å². The first-order valence-corrected chi connectivity index (χ1v) is 11.8. The summed E-state index contributed by atoms with van der Waals surface area (Å²) in [5.74, 6) is 0.688. The number of amides is 3. The number of ether oxygens (including phenoxy) is 1. The summed E-state index contributed by atoms with van der Waals surface area (Å²) in [5, 5.41) is 5.00. The lowest BCUT2D eigenvalue weighted by atomic mass is 10.0. The van der Waals surface area contributed by atoms with Crippen molar-refractivity contribution >= 4 is 23.3 Å². The molecular weight excluding hydrogens is 422 g/mol. The molecule has 0 bridgehead atoms. The summed E-state index contributed by atoms with van der Waals surface area (Å²) in [6, 6.07) is 9.53. The number of carbonyl (C=O) groups is 2. The molecule has 1 aromatic heterocycles. The molecule has 2 heterocycles. The van der Waals surface area contributed by atoms with Crippen molar-refractivity contribution in [3.05, 3.63) is 64.4 Å². The smallest absolute Gasteiger partial charge is 0.318 e. The SMILES string of the molecule is C=CCN(CC(=O)N1CCc2sccc2C1COc1ccc(C)cc1)C(=O)NC(C)(C)C. The maximum Gasteiger partial charge on any atom is 0.318 e. The van der Waals surface area contributed by atoms with Gasteiger partial charge in [-0.15, -0.1) is 17.9 Å². The number of hydrogen-bond acceptors (Lipinski definition) is 4. The van der Waals surface area contributed by atoms with Gasteiger partial charge in [0.1, 0.15) is 18.9 Å². The molecule has 1 aliphatic rings. The second-order valence-corrected chi connectivity index (χ2v) is 10.1. The minimum absolute atomic E-state index is 0.00552. The first-order chi connectivity index (χ1) is 15.2. The van der Waals surface area contributed by atoms with Crippen LogP contribution in [0, 0.1) is 6.92 Å². The molecule has 0 fully saturated rings. The number of nitrogens with one attached hydrogen (secondary N) is 1. The van der Waals surface area contributed by atoms with Crippen LogP contribution in [-0.2, 0) is 11.2 Å². The van der Waals surface area contributed by atoms with Crippen molar-refractivity contribution in [1.29, 1.82) is 0 Å². The molecule has 0 aliphatic carbocycles. The van der Waals surface area contributed by atoms with Crippen LogP contribution in [0.25, 0.3) is 0 Å². The topological polar surface area (TPSA) is 61.9 Å². The van der Waals surface area contributed by atoms with Gasteiger partial charge in [0, 0.05) is 23.5 Å². The third kappa shape index (κ3) is 6.13. The molecule has 1 aromatic carbocycles. The van der Waals surface area contributed by atoms with E-state index in [1.807, 2.05) is 56.9 Å². The third-order valence-corrected chi connectivity index (χ3v) is 6.29. The number of rotatable bonds is 7. The van der Waals surface area contributed by atoms with Crippen molar-refractivity contribution < 1.29 is 14.3 Å². The molecule has 1 unspecified atom stereocenters. The van der Waals surface area contributed by atoms with Crippen molar-refractivity contribution in [3.8, 4) is 5.75 Å². The van der Waals surface area contributed by atoms with E-state index in [-0.39, 0.29) is 30.1 Å². The maximum atomic E-state index is 13.4. The Morgan fingerprint density at radius 1 is 1.28 bits per heavy atom. The van der Waals surface area contributed by atoms with Crippen LogP contribution in [0.2, 0.25) is 0 Å². The molecule has 1 N–H and O–H groups in total. The van der Waals surface area contributed by atoms with Gasteiger partial charge in [-0.2, -0.15) is 0 Å². The predicted octanol–water partition coefficient (Wildman–Crippen LogP) is 4.56. The van der Waals surface area contributed by atoms with Crippen molar-refractivity contribution in [2.24, 2.45) is 0 Å². The molecule has 7 heteroatoms. The van der Waals surface area contributed by atoms with Gasteiger partial charge in [0.15, 0.2) is 0 Å². The highest BCUT2D eigenvalue weighted by Gasteiger charge is 2.33. The lowest BCUT2D eigenvalue weighted by Crippen LogP contribution is -2.53. The van der Waals surface area contributed by atoms with Gasteiger partial charge >= 0.3 is 6.03 Å². The van der Waals surface area contributed by atoms with Crippen LogP contribution in [-0.4, -0.2) is 53.5 Å². The summed E-state index contributed by atoms with van der Waals surface area (Å²) >= 11 is 1.72. The Labute approximate surface area is 194 Å². The van der Waals surface area contributed by atoms with Gasteiger partial charge in [-0.3, -0.25) is 4.79 Å². The zero-order valence-corrected chi connectivity index (χ0v) is 20.2. The van der Waals surface area contributed by atoms with Gasteiger partial charge in [0.2, 0.25) is 5.91 Å². The van der Waals surface area contributed by atoms with Gasteiger partial charge in [0.05, 0.1) is 6.04 Å². The summed E-state index contributed by atoms with van der Waals surface area (Å²) in [6.45, 7) is 12.8. The second-order valence-electron chi connectivity index (χ2n) is 9.13. The number of aryl methyl sites for hydroxylation is 1. The Hall–Kier alpha value is -2.80. The Morgan fingerprint density at radius 3 is 2.66 bits per heavy atom. The van der Waals surface area contributed by atoms with Crippen LogP contribution in [0.3, 0.4) is 0 Å². The van der Waals surface area contributed by atoms with E-state index in [1.165, 1.54) is 15.3 Å². The molecule has 2 aromatic rings. The zero-order valence-electron chi connectivity index (χ0n) is 19.4. The molecule has 0 spiro atoms. The minimum Gasteiger partial charge on any atom is -0.491 e. The molecule has 0 saturated carbocycles. The molecule has 6 nitrogen and oxygen atoms in total. The van der Waals surface area contributed by atoms with Crippen molar-refractivity contribution in [3.63, 3.8) is 0 Å². The number of fused-ring (bicyclic) bond motifs is 1. The molecule has 32 heavy (non-hydrogen) atoms. The van der Waals surface area contributed by atoms with Crippen LogP contribution < -0.4 is 10.1 Å². The summed E-state index contributed by atoms with van der Waals surface area (Å²) < 4.78 is 6.07. The van der Waals surface area contributed by atoms with Gasteiger partial charge in [-0.25, -0.2) is 4.79 Å². The normalized spacial score (nSPS) is 15.6. The molecule has 172 valence electrons. The fourth-order valence-electron chi connectivity index (χ4n) is 3.71. The standard InChI is InChI=1S/C25H33N3O3S/c1-6-13-27(24(30)26-25(3,4)5)16-23(29)28-14-11-22-20(12-15-32-22)21(28)17-31-19-9-7-18(2)8-10-19/h6-10,12,15,21H,1,11,13-14,16-17H2,2-5H3,(H,26,30). The highest BCUT2D eigenvalue weighted by molar-refractivity contribution is 7.10. The van der Waals surface area contributed by atoms with Crippen molar-refractivity contribution in [2.75, 3.05) is 26.2 Å². The average Bonchev–Trinajstić information content (AvgIpc) is 3.20. The monoisotopic (exact) mass is 455 g/mol. The zero-order chi connectivity index (χ0) is 23.3. The largest absolute Gasteiger partial charge is 0.491 e. The summed E-state index contributed by atoms with van der Waals surface area (Å²) in [6.07, 6.45) is 2.45. The van der Waals surface area contributed by atoms with E-state index >= 15 is 0 Å². The van der Waals surface area contributed by atoms with Crippen molar-refractivity contribution in [2.45, 2.75) is 45.7 Å². The van der Waals surface area contributed by atoms with E-state index in [1.54, 1.807) is 17.4 Å². The van der Waals surface area contributed by atoms with Crippen LogP contribution in [0.4, 0.5) is 4.79 Å². The lowest BCUT2D eigenvalue weighted by Gasteiger charge is -2.37. The first kappa shape index (κ1) is 23.9. The van der Waals surface area contributed by atoms with Gasteiger partial charge in [-0.1, -0.05) is 23.8 Å². The summed E-state index contributed by atoms with van der Waals surface area (Å²) in [5.41, 5.74) is 1.92. The lowest BCUT2D eigenvalue weighted by molar-refractivity contribution is -0.135. The fourth-order valence-corrected chi connectivity index (χ4v) is 4.64. The molecule has 0 saturated heterocycles. The maximum absolute atomic E-state index is 13.4. The highest BCUT2D eigenvalue weighted by Crippen LogP contribution is 2.34. The van der Waals surface area contributed by atoms with Crippen molar-refractivity contribution in [1.82, 2.24) is 15.1 Å². The van der Waals surface area contributed by atoms with E-state index in [4.69, 9.17) is 4.74 Å². The van der Waals surface area contributed by atoms with Crippen LogP contribution in [0.15, 0.2) is 48.4 Å². The number of thiophene rings is 1. The molecule has 3 rings (SSSR count). The summed E-state index contributed by atoms with van der Waals surface area (Å²) in [7, 11) is 0. The average molecular weight is 456 g/mol. The van der Waals surface area contributed by atoms with Gasteiger partial charge < -0.3 is 19.9 Å². The van der Waals surface area contributed by atoms with E-state index in [2.05, 4.69) is 23.3 Å². The Bertz CT molecular complexity index is 946. The Kier molecular flexibility index (Phi) is 7.61. The molecular formula is C25H33N3O3S. The van der Waals surface area contributed by atoms with E-state index in [0.29, 0.717) is 19.7 Å². The number of carbonyl (C=O) groups excluding carboxylic acids is 2. The van der Waals surface area contributed by atoms with E-state index in [9.17, 15) is 9.59 Å². The van der Waals surface area contributed by atoms with Crippen LogP contribution in [0.5, 0.6) is 5.75 Å². The highest BCUT2D eigenvalue weighted by atomic mass is 32.1. The van der Waals surface area contributed by atoms with E-state index in [0.717, 1.165) is 17.7 Å². The molecule has 3 amide bonds. The van der Waals surface area contributed by atoms with Crippen LogP contribution >= 0.6 is 11.3 Å². The van der Waals surface area contributed by atoms with E-state index < -0.39 is 0 Å². The number of hydrogen-bond donors (Lipinski definition) is 1. The Balaban J connectivity index is 1.75. The molecule has 1 atom stereocenters.